The van der Waals surface area contributed by atoms with Crippen LogP contribution in [0.5, 0.6) is 0 Å². The molecule has 0 aliphatic rings. The second-order valence-corrected chi connectivity index (χ2v) is 7.85. The summed E-state index contributed by atoms with van der Waals surface area (Å²) in [7, 11) is 0. The van der Waals surface area contributed by atoms with Crippen molar-refractivity contribution in [3.63, 3.8) is 0 Å². The molecule has 0 saturated carbocycles. The quantitative estimate of drug-likeness (QED) is 0.435. The summed E-state index contributed by atoms with van der Waals surface area (Å²) in [4.78, 5) is 17.8. The molecule has 0 bridgehead atoms. The fraction of sp³-hybridized carbons (Fsp3) is 0.304. The molecule has 1 N–H and O–H groups in total. The Hall–Kier alpha value is -3.19. The summed E-state index contributed by atoms with van der Waals surface area (Å²) in [6.07, 6.45) is 4.48. The number of hydrogen-bond donors (Lipinski definition) is 1. The van der Waals surface area contributed by atoms with Crippen LogP contribution >= 0.6 is 11.6 Å². The Morgan fingerprint density at radius 1 is 1.23 bits per heavy atom. The summed E-state index contributed by atoms with van der Waals surface area (Å²) < 4.78 is 3.73. The SMILES string of the molecule is CCn1cc(-c2cc(C(=O)NCCCn3nc(C)c(Cl)c3C)c3ccccc3n2)cn1. The van der Waals surface area contributed by atoms with Gasteiger partial charge in [0.25, 0.3) is 5.91 Å². The number of aryl methyl sites for hydroxylation is 3. The minimum Gasteiger partial charge on any atom is -0.352 e. The van der Waals surface area contributed by atoms with Crippen molar-refractivity contribution in [1.29, 1.82) is 0 Å². The zero-order valence-electron chi connectivity index (χ0n) is 17.9. The molecular weight excluding hydrogens is 412 g/mol. The minimum atomic E-state index is -0.117. The Bertz CT molecular complexity index is 1240. The zero-order chi connectivity index (χ0) is 22.0. The van der Waals surface area contributed by atoms with E-state index in [-0.39, 0.29) is 5.91 Å². The molecule has 1 amide bonds. The van der Waals surface area contributed by atoms with Gasteiger partial charge in [-0.3, -0.25) is 14.2 Å². The molecule has 7 nitrogen and oxygen atoms in total. The van der Waals surface area contributed by atoms with Crippen LogP contribution in [0.1, 0.15) is 35.1 Å². The van der Waals surface area contributed by atoms with Crippen LogP contribution in [0.15, 0.2) is 42.7 Å². The van der Waals surface area contributed by atoms with Crippen LogP contribution in [0.25, 0.3) is 22.2 Å². The lowest BCUT2D eigenvalue weighted by Crippen LogP contribution is -2.26. The number of carbonyl (C=O) groups excluding carboxylic acids is 1. The monoisotopic (exact) mass is 436 g/mol. The molecule has 0 aliphatic carbocycles. The summed E-state index contributed by atoms with van der Waals surface area (Å²) in [6.45, 7) is 7.88. The summed E-state index contributed by atoms with van der Waals surface area (Å²) in [6, 6.07) is 9.54. The number of fused-ring (bicyclic) bond motifs is 1. The Morgan fingerprint density at radius 2 is 2.03 bits per heavy atom. The standard InChI is InChI=1S/C23H25ClN6O/c1-4-29-14-17(13-26-29)21-12-19(18-8-5-6-9-20(18)27-21)23(31)25-10-7-11-30-16(3)22(24)15(2)28-30/h5-6,8-9,12-14H,4,7,10-11H2,1-3H3,(H,25,31). The molecule has 0 radical (unpaired) electrons. The van der Waals surface area contributed by atoms with Crippen molar-refractivity contribution in [1.82, 2.24) is 29.9 Å². The highest BCUT2D eigenvalue weighted by Gasteiger charge is 2.15. The number of pyridine rings is 1. The predicted octanol–water partition coefficient (Wildman–Crippen LogP) is 4.41. The molecule has 8 heteroatoms. The normalized spacial score (nSPS) is 11.2. The fourth-order valence-corrected chi connectivity index (χ4v) is 3.73. The number of carbonyl (C=O) groups is 1. The second-order valence-electron chi connectivity index (χ2n) is 7.47. The molecule has 0 fully saturated rings. The Balaban J connectivity index is 1.52. The van der Waals surface area contributed by atoms with E-state index in [9.17, 15) is 4.79 Å². The molecular formula is C23H25ClN6O. The third-order valence-corrected chi connectivity index (χ3v) is 5.89. The summed E-state index contributed by atoms with van der Waals surface area (Å²) in [5, 5.41) is 13.3. The average Bonchev–Trinajstić information content (AvgIpc) is 3.36. The van der Waals surface area contributed by atoms with Gasteiger partial charge in [0.1, 0.15) is 0 Å². The van der Waals surface area contributed by atoms with E-state index < -0.39 is 0 Å². The highest BCUT2D eigenvalue weighted by molar-refractivity contribution is 6.31. The predicted molar refractivity (Wildman–Crippen MR) is 122 cm³/mol. The number of aromatic nitrogens is 5. The topological polar surface area (TPSA) is 77.6 Å². The van der Waals surface area contributed by atoms with Gasteiger partial charge in [-0.25, -0.2) is 4.98 Å². The van der Waals surface area contributed by atoms with Crippen molar-refractivity contribution in [2.24, 2.45) is 0 Å². The van der Waals surface area contributed by atoms with Crippen LogP contribution in [-0.2, 0) is 13.1 Å². The van der Waals surface area contributed by atoms with Gasteiger partial charge >= 0.3 is 0 Å². The smallest absolute Gasteiger partial charge is 0.252 e. The van der Waals surface area contributed by atoms with Gasteiger partial charge in [-0.15, -0.1) is 0 Å². The van der Waals surface area contributed by atoms with Crippen molar-refractivity contribution in [3.05, 3.63) is 64.7 Å². The highest BCUT2D eigenvalue weighted by Crippen LogP contribution is 2.25. The third kappa shape index (κ3) is 4.32. The molecule has 3 aromatic heterocycles. The number of halogens is 1. The lowest BCUT2D eigenvalue weighted by molar-refractivity contribution is 0.0954. The number of nitrogens with zero attached hydrogens (tertiary/aromatic N) is 5. The second kappa shape index (κ2) is 8.89. The van der Waals surface area contributed by atoms with Gasteiger partial charge in [0.05, 0.1) is 39.4 Å². The van der Waals surface area contributed by atoms with E-state index >= 15 is 0 Å². The van der Waals surface area contributed by atoms with Gasteiger partial charge < -0.3 is 5.32 Å². The first-order valence-corrected chi connectivity index (χ1v) is 10.8. The maximum atomic E-state index is 13.0. The number of hydrogen-bond acceptors (Lipinski definition) is 4. The number of para-hydroxylation sites is 1. The molecule has 0 unspecified atom stereocenters. The largest absolute Gasteiger partial charge is 0.352 e. The molecule has 31 heavy (non-hydrogen) atoms. The van der Waals surface area contributed by atoms with Crippen molar-refractivity contribution < 1.29 is 4.79 Å². The van der Waals surface area contributed by atoms with E-state index in [4.69, 9.17) is 16.6 Å². The van der Waals surface area contributed by atoms with Crippen molar-refractivity contribution in [2.75, 3.05) is 6.54 Å². The van der Waals surface area contributed by atoms with E-state index in [1.807, 2.05) is 66.7 Å². The van der Waals surface area contributed by atoms with Crippen molar-refractivity contribution >= 4 is 28.4 Å². The van der Waals surface area contributed by atoms with E-state index in [1.165, 1.54) is 0 Å². The summed E-state index contributed by atoms with van der Waals surface area (Å²) in [5.41, 5.74) is 4.79. The zero-order valence-corrected chi connectivity index (χ0v) is 18.6. The minimum absolute atomic E-state index is 0.117. The lowest BCUT2D eigenvalue weighted by Gasteiger charge is -2.10. The maximum absolute atomic E-state index is 13.0. The third-order valence-electron chi connectivity index (χ3n) is 5.34. The Labute approximate surface area is 186 Å². The molecule has 0 spiro atoms. The van der Waals surface area contributed by atoms with Crippen LogP contribution in [0.2, 0.25) is 5.02 Å². The van der Waals surface area contributed by atoms with E-state index in [0.29, 0.717) is 23.7 Å². The summed E-state index contributed by atoms with van der Waals surface area (Å²) >= 11 is 6.21. The Morgan fingerprint density at radius 3 is 2.74 bits per heavy atom. The molecule has 3 heterocycles. The Kier molecular flexibility index (Phi) is 6.04. The van der Waals surface area contributed by atoms with Crippen LogP contribution in [0, 0.1) is 13.8 Å². The number of amides is 1. The first kappa shape index (κ1) is 21.1. The van der Waals surface area contributed by atoms with Gasteiger partial charge in [-0.05, 0) is 39.3 Å². The number of benzene rings is 1. The van der Waals surface area contributed by atoms with Gasteiger partial charge in [0.2, 0.25) is 0 Å². The van der Waals surface area contributed by atoms with Crippen molar-refractivity contribution in [2.45, 2.75) is 40.3 Å². The number of rotatable bonds is 7. The van der Waals surface area contributed by atoms with Crippen LogP contribution < -0.4 is 5.32 Å². The fourth-order valence-electron chi connectivity index (χ4n) is 3.60. The van der Waals surface area contributed by atoms with E-state index in [2.05, 4.69) is 15.5 Å². The highest BCUT2D eigenvalue weighted by atomic mass is 35.5. The van der Waals surface area contributed by atoms with Crippen molar-refractivity contribution in [3.8, 4) is 11.3 Å². The summed E-state index contributed by atoms with van der Waals surface area (Å²) in [5.74, 6) is -0.117. The molecule has 4 rings (SSSR count). The molecule has 0 atom stereocenters. The van der Waals surface area contributed by atoms with Gasteiger partial charge in [-0.2, -0.15) is 10.2 Å². The lowest BCUT2D eigenvalue weighted by atomic mass is 10.0. The van der Waals surface area contributed by atoms with Crippen LogP contribution in [0.4, 0.5) is 0 Å². The molecule has 160 valence electrons. The van der Waals surface area contributed by atoms with Gasteiger partial charge in [0, 0.05) is 36.8 Å². The number of nitrogens with one attached hydrogen (secondary N) is 1. The first-order valence-electron chi connectivity index (χ1n) is 10.4. The van der Waals surface area contributed by atoms with Gasteiger partial charge in [-0.1, -0.05) is 29.8 Å². The first-order chi connectivity index (χ1) is 15.0. The van der Waals surface area contributed by atoms with Crippen LogP contribution in [-0.4, -0.2) is 37.0 Å². The van der Waals surface area contributed by atoms with E-state index in [1.54, 1.807) is 6.20 Å². The van der Waals surface area contributed by atoms with Crippen LogP contribution in [0.3, 0.4) is 0 Å². The molecule has 0 saturated heterocycles. The molecule has 0 aliphatic heterocycles. The average molecular weight is 437 g/mol. The molecule has 1 aromatic carbocycles. The van der Waals surface area contributed by atoms with E-state index in [0.717, 1.165) is 46.5 Å². The molecule has 4 aromatic rings. The maximum Gasteiger partial charge on any atom is 0.252 e. The van der Waals surface area contributed by atoms with Gasteiger partial charge in [0.15, 0.2) is 0 Å².